The van der Waals surface area contributed by atoms with E-state index in [-0.39, 0.29) is 11.9 Å². The van der Waals surface area contributed by atoms with Crippen LogP contribution in [-0.2, 0) is 0 Å². The fraction of sp³-hybridized carbons (Fsp3) is 0.333. The van der Waals surface area contributed by atoms with Crippen molar-refractivity contribution >= 4 is 16.8 Å². The molecule has 1 amide bonds. The van der Waals surface area contributed by atoms with Gasteiger partial charge in [-0.3, -0.25) is 4.79 Å². The number of aromatic nitrogens is 2. The highest BCUT2D eigenvalue weighted by Gasteiger charge is 2.33. The molecule has 1 N–H and O–H groups in total. The summed E-state index contributed by atoms with van der Waals surface area (Å²) in [5, 5.41) is 5.09. The molecule has 1 unspecified atom stereocenters. The second kappa shape index (κ2) is 5.70. The Kier molecular flexibility index (Phi) is 3.52. The van der Waals surface area contributed by atoms with Crippen LogP contribution in [0.4, 0.5) is 0 Å². The van der Waals surface area contributed by atoms with E-state index in [1.54, 1.807) is 7.11 Å². The molecule has 3 aromatic rings. The molecule has 1 aliphatic heterocycles. The monoisotopic (exact) mass is 325 g/mol. The van der Waals surface area contributed by atoms with Crippen molar-refractivity contribution in [2.45, 2.75) is 25.8 Å². The van der Waals surface area contributed by atoms with Crippen LogP contribution in [0.25, 0.3) is 10.9 Å². The highest BCUT2D eigenvalue weighted by molar-refractivity contribution is 5.98. The number of carbonyl (C=O) groups is 1. The first-order valence-electron chi connectivity index (χ1n) is 8.06. The van der Waals surface area contributed by atoms with E-state index in [1.165, 1.54) is 0 Å². The molecule has 0 radical (unpaired) electrons. The number of fused-ring (bicyclic) bond motifs is 1. The molecule has 6 nitrogen and oxygen atoms in total. The van der Waals surface area contributed by atoms with E-state index in [2.05, 4.69) is 10.1 Å². The van der Waals surface area contributed by atoms with Crippen LogP contribution in [0.15, 0.2) is 34.9 Å². The van der Waals surface area contributed by atoms with E-state index in [0.29, 0.717) is 5.69 Å². The zero-order valence-electron chi connectivity index (χ0n) is 13.7. The number of aromatic amines is 1. The number of amides is 1. The van der Waals surface area contributed by atoms with Gasteiger partial charge in [-0.15, -0.1) is 0 Å². The largest absolute Gasteiger partial charge is 0.497 e. The minimum atomic E-state index is -0.0177. The molecule has 124 valence electrons. The van der Waals surface area contributed by atoms with Gasteiger partial charge in [0.2, 0.25) is 0 Å². The SMILES string of the molecule is COc1ccc2cc(C(=O)N3CCCC3c3cc(C)on3)[nH]c2c1. The summed E-state index contributed by atoms with van der Waals surface area (Å²) in [7, 11) is 1.63. The van der Waals surface area contributed by atoms with Gasteiger partial charge in [0, 0.05) is 29.6 Å². The Labute approximate surface area is 139 Å². The average molecular weight is 325 g/mol. The van der Waals surface area contributed by atoms with Crippen LogP contribution in [0.2, 0.25) is 0 Å². The topological polar surface area (TPSA) is 71.4 Å². The van der Waals surface area contributed by atoms with Gasteiger partial charge in [0.05, 0.1) is 13.2 Å². The van der Waals surface area contributed by atoms with E-state index in [1.807, 2.05) is 42.2 Å². The van der Waals surface area contributed by atoms with Gasteiger partial charge in [-0.1, -0.05) is 5.16 Å². The maximum atomic E-state index is 13.0. The summed E-state index contributed by atoms with van der Waals surface area (Å²) < 4.78 is 10.4. The van der Waals surface area contributed by atoms with Crippen LogP contribution >= 0.6 is 0 Å². The number of aryl methyl sites for hydroxylation is 1. The van der Waals surface area contributed by atoms with Gasteiger partial charge < -0.3 is 19.1 Å². The van der Waals surface area contributed by atoms with Gasteiger partial charge in [-0.2, -0.15) is 0 Å². The first kappa shape index (κ1) is 14.8. The molecule has 0 bridgehead atoms. The number of methoxy groups -OCH3 is 1. The lowest BCUT2D eigenvalue weighted by Crippen LogP contribution is -2.30. The predicted octanol–water partition coefficient (Wildman–Crippen LogP) is 3.45. The summed E-state index contributed by atoms with van der Waals surface area (Å²) >= 11 is 0. The molecule has 3 heterocycles. The third-order valence-corrected chi connectivity index (χ3v) is 4.56. The average Bonchev–Trinajstić information content (AvgIpc) is 3.31. The van der Waals surface area contributed by atoms with Crippen molar-refractivity contribution in [2.75, 3.05) is 13.7 Å². The van der Waals surface area contributed by atoms with Gasteiger partial charge in [0.25, 0.3) is 5.91 Å². The Morgan fingerprint density at radius 1 is 1.38 bits per heavy atom. The van der Waals surface area contributed by atoms with Crippen LogP contribution in [-0.4, -0.2) is 34.6 Å². The van der Waals surface area contributed by atoms with Crippen molar-refractivity contribution in [3.63, 3.8) is 0 Å². The molecule has 6 heteroatoms. The summed E-state index contributed by atoms with van der Waals surface area (Å²) in [6.07, 6.45) is 1.88. The lowest BCUT2D eigenvalue weighted by molar-refractivity contribution is 0.0726. The van der Waals surface area contributed by atoms with E-state index >= 15 is 0 Å². The number of nitrogens with zero attached hydrogens (tertiary/aromatic N) is 2. The maximum Gasteiger partial charge on any atom is 0.270 e. The number of hydrogen-bond donors (Lipinski definition) is 1. The molecule has 0 spiro atoms. The number of hydrogen-bond acceptors (Lipinski definition) is 4. The highest BCUT2D eigenvalue weighted by Crippen LogP contribution is 2.33. The smallest absolute Gasteiger partial charge is 0.270 e. The molecular formula is C18H19N3O3. The molecule has 1 saturated heterocycles. The zero-order valence-corrected chi connectivity index (χ0v) is 13.7. The Morgan fingerprint density at radius 3 is 3.00 bits per heavy atom. The molecule has 1 atom stereocenters. The van der Waals surface area contributed by atoms with Gasteiger partial charge >= 0.3 is 0 Å². The van der Waals surface area contributed by atoms with Crippen molar-refractivity contribution in [2.24, 2.45) is 0 Å². The van der Waals surface area contributed by atoms with Crippen LogP contribution < -0.4 is 4.74 Å². The Hall–Kier alpha value is -2.76. The Bertz CT molecular complexity index is 896. The van der Waals surface area contributed by atoms with Gasteiger partial charge in [0.15, 0.2) is 0 Å². The van der Waals surface area contributed by atoms with Crippen molar-refractivity contribution in [3.8, 4) is 5.75 Å². The minimum Gasteiger partial charge on any atom is -0.497 e. The highest BCUT2D eigenvalue weighted by atomic mass is 16.5. The second-order valence-electron chi connectivity index (χ2n) is 6.16. The van der Waals surface area contributed by atoms with E-state index < -0.39 is 0 Å². The summed E-state index contributed by atoms with van der Waals surface area (Å²) in [6.45, 7) is 2.59. The van der Waals surface area contributed by atoms with E-state index in [4.69, 9.17) is 9.26 Å². The van der Waals surface area contributed by atoms with Crippen LogP contribution in [0.3, 0.4) is 0 Å². The summed E-state index contributed by atoms with van der Waals surface area (Å²) in [5.74, 6) is 1.52. The number of benzene rings is 1. The first-order chi connectivity index (χ1) is 11.7. The lowest BCUT2D eigenvalue weighted by Gasteiger charge is -2.22. The van der Waals surface area contributed by atoms with Crippen LogP contribution in [0.1, 0.15) is 40.8 Å². The predicted molar refractivity (Wildman–Crippen MR) is 89.1 cm³/mol. The standard InChI is InChI=1S/C18H19N3O3/c1-11-8-15(20-24-11)17-4-3-7-21(17)18(22)16-9-12-5-6-13(23-2)10-14(12)19-16/h5-6,8-10,17,19H,3-4,7H2,1-2H3. The quantitative estimate of drug-likeness (QED) is 0.800. The van der Waals surface area contributed by atoms with E-state index in [0.717, 1.165) is 47.5 Å². The summed E-state index contributed by atoms with van der Waals surface area (Å²) in [4.78, 5) is 18.0. The van der Waals surface area contributed by atoms with E-state index in [9.17, 15) is 4.79 Å². The third-order valence-electron chi connectivity index (χ3n) is 4.56. The van der Waals surface area contributed by atoms with Crippen LogP contribution in [0.5, 0.6) is 5.75 Å². The first-order valence-corrected chi connectivity index (χ1v) is 8.06. The molecule has 1 aliphatic rings. The molecule has 24 heavy (non-hydrogen) atoms. The lowest BCUT2D eigenvalue weighted by atomic mass is 10.1. The maximum absolute atomic E-state index is 13.0. The molecule has 4 rings (SSSR count). The fourth-order valence-corrected chi connectivity index (χ4v) is 3.36. The molecule has 0 saturated carbocycles. The van der Waals surface area contributed by atoms with Gasteiger partial charge in [0.1, 0.15) is 22.9 Å². The second-order valence-corrected chi connectivity index (χ2v) is 6.16. The van der Waals surface area contributed by atoms with Crippen molar-refractivity contribution in [3.05, 3.63) is 47.5 Å². The Morgan fingerprint density at radius 2 is 2.25 bits per heavy atom. The number of ether oxygens (including phenoxy) is 1. The zero-order chi connectivity index (χ0) is 16.7. The third kappa shape index (κ3) is 2.44. The molecule has 1 aromatic carbocycles. The number of likely N-dealkylation sites (tertiary alicyclic amines) is 1. The minimum absolute atomic E-state index is 0.00619. The van der Waals surface area contributed by atoms with Gasteiger partial charge in [-0.05, 0) is 38.0 Å². The molecule has 0 aliphatic carbocycles. The van der Waals surface area contributed by atoms with Crippen molar-refractivity contribution in [1.29, 1.82) is 0 Å². The summed E-state index contributed by atoms with van der Waals surface area (Å²) in [5.41, 5.74) is 2.31. The van der Waals surface area contributed by atoms with Crippen LogP contribution in [0, 0.1) is 6.92 Å². The normalized spacial score (nSPS) is 17.6. The Balaban J connectivity index is 1.65. The number of rotatable bonds is 3. The fourth-order valence-electron chi connectivity index (χ4n) is 3.36. The van der Waals surface area contributed by atoms with Gasteiger partial charge in [-0.25, -0.2) is 0 Å². The van der Waals surface area contributed by atoms with Crippen molar-refractivity contribution < 1.29 is 14.1 Å². The number of H-pyrrole nitrogens is 1. The number of carbonyl (C=O) groups excluding carboxylic acids is 1. The number of nitrogens with one attached hydrogen (secondary N) is 1. The van der Waals surface area contributed by atoms with Crippen molar-refractivity contribution in [1.82, 2.24) is 15.0 Å². The summed E-state index contributed by atoms with van der Waals surface area (Å²) in [6, 6.07) is 9.52. The molecule has 1 fully saturated rings. The molecule has 2 aromatic heterocycles. The molecular weight excluding hydrogens is 306 g/mol.